The third-order valence-electron chi connectivity index (χ3n) is 4.27. The highest BCUT2D eigenvalue weighted by Gasteiger charge is 2.34. The van der Waals surface area contributed by atoms with Gasteiger partial charge < -0.3 is 15.7 Å². The summed E-state index contributed by atoms with van der Waals surface area (Å²) in [6, 6.07) is 8.36. The molecule has 9 nitrogen and oxygen atoms in total. The number of nitrogens with one attached hydrogen (secondary N) is 2. The average Bonchev–Trinajstić information content (AvgIpc) is 3.12. The Morgan fingerprint density at radius 2 is 1.93 bits per heavy atom. The fourth-order valence-electron chi connectivity index (χ4n) is 2.82. The lowest BCUT2D eigenvalue weighted by Crippen LogP contribution is -2.43. The van der Waals surface area contributed by atoms with Gasteiger partial charge in [-0.2, -0.15) is 5.10 Å². The molecule has 0 radical (unpaired) electrons. The molecule has 27 heavy (non-hydrogen) atoms. The standard InChI is InChI=1S/C17H20N4O5S/c1-2-11(8-22)18-16(23)17(24)19-15-13-9-27(25,26)10-14(13)20-21(15)12-6-4-3-5-7-12/h3-7,11,22H,2,8-10H2,1H3,(H,18,23)(H,19,24). The maximum atomic E-state index is 12.3. The number of anilines is 1. The van der Waals surface area contributed by atoms with Gasteiger partial charge in [0.25, 0.3) is 0 Å². The zero-order valence-electron chi connectivity index (χ0n) is 14.7. The molecule has 0 bridgehead atoms. The topological polar surface area (TPSA) is 130 Å². The van der Waals surface area contributed by atoms with Gasteiger partial charge in [0.05, 0.1) is 35.5 Å². The number of fused-ring (bicyclic) bond motifs is 1. The van der Waals surface area contributed by atoms with Crippen LogP contribution in [-0.4, -0.2) is 47.8 Å². The monoisotopic (exact) mass is 392 g/mol. The van der Waals surface area contributed by atoms with E-state index >= 15 is 0 Å². The van der Waals surface area contributed by atoms with Crippen molar-refractivity contribution in [1.29, 1.82) is 0 Å². The Labute approximate surface area is 156 Å². The van der Waals surface area contributed by atoms with Crippen molar-refractivity contribution in [2.24, 2.45) is 0 Å². The number of benzene rings is 1. The molecule has 0 fully saturated rings. The number of hydrogen-bond acceptors (Lipinski definition) is 6. The third kappa shape index (κ3) is 4.01. The molecule has 1 aromatic carbocycles. The van der Waals surface area contributed by atoms with E-state index < -0.39 is 27.7 Å². The van der Waals surface area contributed by atoms with Crippen molar-refractivity contribution >= 4 is 27.5 Å². The summed E-state index contributed by atoms with van der Waals surface area (Å²) in [6.07, 6.45) is 0.463. The van der Waals surface area contributed by atoms with Crippen molar-refractivity contribution in [3.8, 4) is 5.69 Å². The number of amides is 2. The zero-order valence-corrected chi connectivity index (χ0v) is 15.5. The summed E-state index contributed by atoms with van der Waals surface area (Å²) in [5.74, 6) is -2.16. The van der Waals surface area contributed by atoms with Gasteiger partial charge in [-0.3, -0.25) is 9.59 Å². The van der Waals surface area contributed by atoms with E-state index in [9.17, 15) is 18.0 Å². The number of carbonyl (C=O) groups excluding carboxylic acids is 2. The van der Waals surface area contributed by atoms with Crippen molar-refractivity contribution in [1.82, 2.24) is 15.1 Å². The minimum atomic E-state index is -3.33. The molecule has 0 aliphatic carbocycles. The number of aromatic nitrogens is 2. The highest BCUT2D eigenvalue weighted by atomic mass is 32.2. The smallest absolute Gasteiger partial charge is 0.314 e. The molecule has 2 aromatic rings. The van der Waals surface area contributed by atoms with Crippen LogP contribution in [0.3, 0.4) is 0 Å². The molecule has 0 spiro atoms. The van der Waals surface area contributed by atoms with Gasteiger partial charge in [0.2, 0.25) is 0 Å². The van der Waals surface area contributed by atoms with Crippen LogP contribution in [0.15, 0.2) is 30.3 Å². The Kier molecular flexibility index (Phi) is 5.29. The quantitative estimate of drug-likeness (QED) is 0.620. The first-order chi connectivity index (χ1) is 12.8. The fourth-order valence-corrected chi connectivity index (χ4v) is 4.31. The highest BCUT2D eigenvalue weighted by Crippen LogP contribution is 2.32. The van der Waals surface area contributed by atoms with Crippen LogP contribution in [0.1, 0.15) is 24.6 Å². The minimum absolute atomic E-state index is 0.162. The van der Waals surface area contributed by atoms with Gasteiger partial charge in [0.1, 0.15) is 5.82 Å². The summed E-state index contributed by atoms with van der Waals surface area (Å²) < 4.78 is 25.3. The second-order valence-electron chi connectivity index (χ2n) is 6.27. The summed E-state index contributed by atoms with van der Waals surface area (Å²) in [5.41, 5.74) is 1.37. The lowest BCUT2D eigenvalue weighted by Gasteiger charge is -2.14. The Hall–Kier alpha value is -2.72. The molecule has 1 atom stereocenters. The predicted octanol–water partition coefficient (Wildman–Crippen LogP) is 0.126. The number of aliphatic hydroxyl groups excluding tert-OH is 1. The van der Waals surface area contributed by atoms with Crippen molar-refractivity contribution in [3.05, 3.63) is 41.6 Å². The first kappa shape index (κ1) is 19.1. The average molecular weight is 392 g/mol. The molecule has 2 heterocycles. The number of hydrogen-bond donors (Lipinski definition) is 3. The molecule has 3 N–H and O–H groups in total. The van der Waals surface area contributed by atoms with Crippen molar-refractivity contribution in [2.45, 2.75) is 30.9 Å². The molecule has 144 valence electrons. The Morgan fingerprint density at radius 1 is 1.22 bits per heavy atom. The SMILES string of the molecule is CCC(CO)NC(=O)C(=O)Nc1c2c(nn1-c1ccccc1)CS(=O)(=O)C2. The van der Waals surface area contributed by atoms with E-state index in [0.717, 1.165) is 0 Å². The highest BCUT2D eigenvalue weighted by molar-refractivity contribution is 7.90. The van der Waals surface area contributed by atoms with Crippen molar-refractivity contribution < 1.29 is 23.1 Å². The summed E-state index contributed by atoms with van der Waals surface area (Å²) in [7, 11) is -3.33. The molecule has 3 rings (SSSR count). The fraction of sp³-hybridized carbons (Fsp3) is 0.353. The number of aliphatic hydroxyl groups is 1. The van der Waals surface area contributed by atoms with E-state index in [1.165, 1.54) is 4.68 Å². The first-order valence-electron chi connectivity index (χ1n) is 8.44. The van der Waals surface area contributed by atoms with E-state index in [4.69, 9.17) is 5.11 Å². The molecular weight excluding hydrogens is 372 g/mol. The Morgan fingerprint density at radius 3 is 2.56 bits per heavy atom. The van der Waals surface area contributed by atoms with Crippen LogP contribution >= 0.6 is 0 Å². The number of carbonyl (C=O) groups is 2. The third-order valence-corrected chi connectivity index (χ3v) is 5.72. The molecule has 0 saturated heterocycles. The molecule has 1 unspecified atom stereocenters. The minimum Gasteiger partial charge on any atom is -0.394 e. The second kappa shape index (κ2) is 7.49. The van der Waals surface area contributed by atoms with Crippen LogP contribution in [-0.2, 0) is 30.9 Å². The van der Waals surface area contributed by atoms with E-state index in [1.54, 1.807) is 31.2 Å². The van der Waals surface area contributed by atoms with Crippen LogP contribution in [0.5, 0.6) is 0 Å². The summed E-state index contributed by atoms with van der Waals surface area (Å²) in [4.78, 5) is 24.4. The molecule has 2 amide bonds. The van der Waals surface area contributed by atoms with Gasteiger partial charge in [-0.15, -0.1) is 0 Å². The van der Waals surface area contributed by atoms with Gasteiger partial charge in [0.15, 0.2) is 9.84 Å². The van der Waals surface area contributed by atoms with E-state index in [1.807, 2.05) is 6.07 Å². The van der Waals surface area contributed by atoms with Gasteiger partial charge in [-0.05, 0) is 18.6 Å². The van der Waals surface area contributed by atoms with Gasteiger partial charge >= 0.3 is 11.8 Å². The van der Waals surface area contributed by atoms with Gasteiger partial charge in [0, 0.05) is 5.56 Å². The van der Waals surface area contributed by atoms with E-state index in [2.05, 4.69) is 15.7 Å². The summed E-state index contributed by atoms with van der Waals surface area (Å²) in [5, 5.41) is 18.4. The largest absolute Gasteiger partial charge is 0.394 e. The Bertz CT molecular complexity index is 965. The summed E-state index contributed by atoms with van der Waals surface area (Å²) >= 11 is 0. The van der Waals surface area contributed by atoms with Crippen LogP contribution in [0.4, 0.5) is 5.82 Å². The van der Waals surface area contributed by atoms with Crippen molar-refractivity contribution in [2.75, 3.05) is 11.9 Å². The predicted molar refractivity (Wildman–Crippen MR) is 97.8 cm³/mol. The lowest BCUT2D eigenvalue weighted by molar-refractivity contribution is -0.136. The maximum Gasteiger partial charge on any atom is 0.314 e. The normalized spacial score (nSPS) is 15.8. The lowest BCUT2D eigenvalue weighted by atomic mass is 10.2. The van der Waals surface area contributed by atoms with E-state index in [-0.39, 0.29) is 23.9 Å². The second-order valence-corrected chi connectivity index (χ2v) is 8.33. The van der Waals surface area contributed by atoms with Crippen molar-refractivity contribution in [3.63, 3.8) is 0 Å². The molecule has 1 aliphatic heterocycles. The number of para-hydroxylation sites is 1. The van der Waals surface area contributed by atoms with Crippen LogP contribution in [0.25, 0.3) is 5.69 Å². The molecule has 1 aliphatic rings. The number of sulfone groups is 1. The number of rotatable bonds is 5. The number of nitrogens with zero attached hydrogens (tertiary/aromatic N) is 2. The molecule has 1 aromatic heterocycles. The zero-order chi connectivity index (χ0) is 19.6. The molecule has 0 saturated carbocycles. The van der Waals surface area contributed by atoms with Gasteiger partial charge in [-0.1, -0.05) is 25.1 Å². The molecular formula is C17H20N4O5S. The van der Waals surface area contributed by atoms with E-state index in [0.29, 0.717) is 23.4 Å². The maximum absolute atomic E-state index is 12.3. The van der Waals surface area contributed by atoms with Gasteiger partial charge in [-0.25, -0.2) is 13.1 Å². The molecule has 10 heteroatoms. The van der Waals surface area contributed by atoms with Crippen LogP contribution in [0, 0.1) is 0 Å². The first-order valence-corrected chi connectivity index (χ1v) is 10.3. The van der Waals surface area contributed by atoms with Crippen LogP contribution < -0.4 is 10.6 Å². The van der Waals surface area contributed by atoms with Crippen LogP contribution in [0.2, 0.25) is 0 Å². The Balaban J connectivity index is 1.92. The summed E-state index contributed by atoms with van der Waals surface area (Å²) in [6.45, 7) is 1.48.